The first kappa shape index (κ1) is 24.1. The lowest BCUT2D eigenvalue weighted by Crippen LogP contribution is -2.35. The van der Waals surface area contributed by atoms with E-state index in [1.54, 1.807) is 0 Å². The van der Waals surface area contributed by atoms with Gasteiger partial charge < -0.3 is 14.7 Å². The summed E-state index contributed by atoms with van der Waals surface area (Å²) in [7, 11) is 0. The molecule has 0 spiro atoms. The van der Waals surface area contributed by atoms with Crippen LogP contribution < -0.4 is 9.64 Å². The third-order valence-electron chi connectivity index (χ3n) is 7.81. The maximum atomic E-state index is 13.2. The first-order valence-electron chi connectivity index (χ1n) is 12.9. The third kappa shape index (κ3) is 4.50. The minimum Gasteiger partial charge on any atom is -0.493 e. The lowest BCUT2D eigenvalue weighted by Gasteiger charge is -2.31. The standard InChI is InChI=1S/C31H33NO4/c1-21-7-3-11-28(22(21)2)36-20-6-12-29(33)32-19-5-9-26-25(8-4-10-27(26)32)23-13-15-24(16-14-23)31(17-18-31)30(34)35/h3-4,7-8,10-11,13-16H,5-6,9,12,17-20H2,1-2H3,(H,34,35). The number of benzene rings is 3. The van der Waals surface area contributed by atoms with E-state index in [9.17, 15) is 14.7 Å². The number of carbonyl (C=O) groups excluding carboxylic acids is 1. The van der Waals surface area contributed by atoms with Crippen LogP contribution in [-0.4, -0.2) is 30.1 Å². The van der Waals surface area contributed by atoms with E-state index in [0.717, 1.165) is 53.1 Å². The fourth-order valence-electron chi connectivity index (χ4n) is 5.30. The Balaban J connectivity index is 1.27. The molecule has 3 aromatic rings. The number of carbonyl (C=O) groups is 2. The van der Waals surface area contributed by atoms with Crippen LogP contribution in [0.25, 0.3) is 11.1 Å². The van der Waals surface area contributed by atoms with E-state index in [0.29, 0.717) is 32.3 Å². The van der Waals surface area contributed by atoms with E-state index in [-0.39, 0.29) is 5.91 Å². The SMILES string of the molecule is Cc1cccc(OCCCC(=O)N2CCCc3c(-c4ccc(C5(C(=O)O)CC5)cc4)cccc32)c1C. The van der Waals surface area contributed by atoms with Crippen molar-refractivity contribution in [2.75, 3.05) is 18.1 Å². The molecule has 0 bridgehead atoms. The average molecular weight is 484 g/mol. The lowest BCUT2D eigenvalue weighted by molar-refractivity contribution is -0.140. The van der Waals surface area contributed by atoms with Gasteiger partial charge in [0, 0.05) is 18.7 Å². The quantitative estimate of drug-likeness (QED) is 0.386. The molecule has 1 heterocycles. The number of amides is 1. The summed E-state index contributed by atoms with van der Waals surface area (Å²) in [5, 5.41) is 9.60. The minimum atomic E-state index is -0.735. The predicted molar refractivity (Wildman–Crippen MR) is 142 cm³/mol. The summed E-state index contributed by atoms with van der Waals surface area (Å²) in [5.41, 5.74) is 6.90. The Morgan fingerprint density at radius 1 is 1.00 bits per heavy atom. The first-order chi connectivity index (χ1) is 17.4. The second kappa shape index (κ2) is 9.81. The molecule has 3 aromatic carbocycles. The van der Waals surface area contributed by atoms with Crippen LogP contribution in [0.1, 0.15) is 54.4 Å². The van der Waals surface area contributed by atoms with Gasteiger partial charge in [-0.15, -0.1) is 0 Å². The van der Waals surface area contributed by atoms with Gasteiger partial charge in [0.15, 0.2) is 0 Å². The molecule has 5 nitrogen and oxygen atoms in total. The number of nitrogens with zero attached hydrogens (tertiary/aromatic N) is 1. The van der Waals surface area contributed by atoms with E-state index < -0.39 is 11.4 Å². The molecule has 36 heavy (non-hydrogen) atoms. The molecule has 0 radical (unpaired) electrons. The van der Waals surface area contributed by atoms with E-state index >= 15 is 0 Å². The zero-order valence-corrected chi connectivity index (χ0v) is 21.0. The van der Waals surface area contributed by atoms with Gasteiger partial charge in [0.1, 0.15) is 5.75 Å². The molecular weight excluding hydrogens is 450 g/mol. The van der Waals surface area contributed by atoms with Crippen LogP contribution in [0.15, 0.2) is 60.7 Å². The largest absolute Gasteiger partial charge is 0.493 e. The van der Waals surface area contributed by atoms with Crippen molar-refractivity contribution < 1.29 is 19.4 Å². The van der Waals surface area contributed by atoms with Crippen LogP contribution in [0, 0.1) is 13.8 Å². The fourth-order valence-corrected chi connectivity index (χ4v) is 5.30. The highest BCUT2D eigenvalue weighted by Crippen LogP contribution is 2.49. The Hall–Kier alpha value is -3.60. The molecule has 1 amide bonds. The molecule has 1 aliphatic heterocycles. The molecule has 1 saturated carbocycles. The molecule has 186 valence electrons. The molecule has 1 fully saturated rings. The number of aliphatic carboxylic acids is 1. The molecule has 1 aliphatic carbocycles. The number of hydrogen-bond donors (Lipinski definition) is 1. The number of aryl methyl sites for hydroxylation is 1. The zero-order chi connectivity index (χ0) is 25.3. The Morgan fingerprint density at radius 2 is 1.75 bits per heavy atom. The Morgan fingerprint density at radius 3 is 2.47 bits per heavy atom. The number of anilines is 1. The van der Waals surface area contributed by atoms with Crippen molar-refractivity contribution >= 4 is 17.6 Å². The summed E-state index contributed by atoms with van der Waals surface area (Å²) in [6, 6.07) is 20.2. The molecule has 1 N–H and O–H groups in total. The van der Waals surface area contributed by atoms with Gasteiger partial charge in [-0.25, -0.2) is 0 Å². The van der Waals surface area contributed by atoms with Gasteiger partial charge in [-0.2, -0.15) is 0 Å². The molecule has 2 aliphatic rings. The van der Waals surface area contributed by atoms with Crippen molar-refractivity contribution in [1.82, 2.24) is 0 Å². The van der Waals surface area contributed by atoms with Crippen LogP contribution in [0.4, 0.5) is 5.69 Å². The monoisotopic (exact) mass is 483 g/mol. The minimum absolute atomic E-state index is 0.130. The van der Waals surface area contributed by atoms with Gasteiger partial charge in [-0.3, -0.25) is 9.59 Å². The fraction of sp³-hybridized carbons (Fsp3) is 0.355. The molecule has 0 unspecified atom stereocenters. The molecular formula is C31H33NO4. The smallest absolute Gasteiger partial charge is 0.314 e. The summed E-state index contributed by atoms with van der Waals surface area (Å²) < 4.78 is 5.95. The second-order valence-electron chi connectivity index (χ2n) is 10.1. The third-order valence-corrected chi connectivity index (χ3v) is 7.81. The lowest BCUT2D eigenvalue weighted by atomic mass is 9.89. The second-order valence-corrected chi connectivity index (χ2v) is 10.1. The van der Waals surface area contributed by atoms with Gasteiger partial charge >= 0.3 is 5.97 Å². The highest BCUT2D eigenvalue weighted by Gasteiger charge is 2.51. The summed E-state index contributed by atoms with van der Waals surface area (Å²) in [5.74, 6) is 0.281. The average Bonchev–Trinajstić information content (AvgIpc) is 3.71. The van der Waals surface area contributed by atoms with Crippen molar-refractivity contribution in [3.05, 3.63) is 82.9 Å². The van der Waals surface area contributed by atoms with Gasteiger partial charge in [0.25, 0.3) is 0 Å². The first-order valence-corrected chi connectivity index (χ1v) is 12.9. The van der Waals surface area contributed by atoms with Crippen LogP contribution in [0.3, 0.4) is 0 Å². The maximum Gasteiger partial charge on any atom is 0.314 e. The highest BCUT2D eigenvalue weighted by molar-refractivity contribution is 5.96. The molecule has 0 atom stereocenters. The summed E-state index contributed by atoms with van der Waals surface area (Å²) >= 11 is 0. The molecule has 5 heteroatoms. The Labute approximate surface area is 212 Å². The normalized spacial score (nSPS) is 15.8. The van der Waals surface area contributed by atoms with Crippen molar-refractivity contribution in [2.45, 2.75) is 57.8 Å². The van der Waals surface area contributed by atoms with Crippen molar-refractivity contribution in [2.24, 2.45) is 0 Å². The van der Waals surface area contributed by atoms with E-state index in [2.05, 4.69) is 26.0 Å². The van der Waals surface area contributed by atoms with E-state index in [4.69, 9.17) is 4.74 Å². The van der Waals surface area contributed by atoms with Gasteiger partial charge in [0.05, 0.1) is 12.0 Å². The predicted octanol–water partition coefficient (Wildman–Crippen LogP) is 6.23. The van der Waals surface area contributed by atoms with Crippen LogP contribution in [0.5, 0.6) is 5.75 Å². The zero-order valence-electron chi connectivity index (χ0n) is 21.0. The highest BCUT2D eigenvalue weighted by atomic mass is 16.5. The van der Waals surface area contributed by atoms with Crippen molar-refractivity contribution in [3.63, 3.8) is 0 Å². The number of hydrogen-bond acceptors (Lipinski definition) is 3. The number of rotatable bonds is 8. The van der Waals surface area contributed by atoms with Crippen LogP contribution in [0.2, 0.25) is 0 Å². The van der Waals surface area contributed by atoms with Gasteiger partial charge in [-0.05, 0) is 91.5 Å². The number of fused-ring (bicyclic) bond motifs is 1. The summed E-state index contributed by atoms with van der Waals surface area (Å²) in [4.78, 5) is 26.8. The molecule has 0 saturated heterocycles. The van der Waals surface area contributed by atoms with Gasteiger partial charge in [0.2, 0.25) is 5.91 Å². The topological polar surface area (TPSA) is 66.8 Å². The summed E-state index contributed by atoms with van der Waals surface area (Å²) in [6.07, 6.45) is 4.37. The van der Waals surface area contributed by atoms with E-state index in [1.165, 1.54) is 11.1 Å². The van der Waals surface area contributed by atoms with E-state index in [1.807, 2.05) is 53.4 Å². The molecule has 0 aromatic heterocycles. The number of ether oxygens (including phenoxy) is 1. The van der Waals surface area contributed by atoms with Crippen molar-refractivity contribution in [1.29, 1.82) is 0 Å². The van der Waals surface area contributed by atoms with Crippen LogP contribution in [-0.2, 0) is 21.4 Å². The molecule has 5 rings (SSSR count). The summed E-state index contributed by atoms with van der Waals surface area (Å²) in [6.45, 7) is 5.37. The van der Waals surface area contributed by atoms with Gasteiger partial charge in [-0.1, -0.05) is 48.5 Å². The maximum absolute atomic E-state index is 13.2. The number of carboxylic acids is 1. The Kier molecular flexibility index (Phi) is 6.57. The number of carboxylic acid groups (broad SMARTS) is 1. The van der Waals surface area contributed by atoms with Crippen LogP contribution >= 0.6 is 0 Å². The van der Waals surface area contributed by atoms with Crippen molar-refractivity contribution in [3.8, 4) is 16.9 Å². The Bertz CT molecular complexity index is 1290.